The van der Waals surface area contributed by atoms with E-state index in [2.05, 4.69) is 5.32 Å². The molecule has 0 bridgehead atoms. The van der Waals surface area contributed by atoms with E-state index < -0.39 is 4.92 Å². The van der Waals surface area contributed by atoms with Crippen LogP contribution in [0.5, 0.6) is 5.75 Å². The molecule has 0 aliphatic heterocycles. The molecule has 1 N–H and O–H groups in total. The van der Waals surface area contributed by atoms with Crippen LogP contribution in [0, 0.1) is 10.1 Å². The molecule has 0 saturated carbocycles. The molecule has 0 amide bonds. The van der Waals surface area contributed by atoms with Gasteiger partial charge >= 0.3 is 0 Å². The number of nitrogens with one attached hydrogen (secondary N) is 1. The topological polar surface area (TPSA) is 77.5 Å². The third-order valence-electron chi connectivity index (χ3n) is 2.75. The van der Waals surface area contributed by atoms with Crippen LogP contribution in [0.3, 0.4) is 0 Å². The van der Waals surface area contributed by atoms with E-state index in [1.165, 1.54) is 12.1 Å². The lowest BCUT2D eigenvalue weighted by Gasteiger charge is -2.10. The van der Waals surface area contributed by atoms with Crippen LogP contribution in [-0.4, -0.2) is 11.5 Å². The van der Waals surface area contributed by atoms with E-state index >= 15 is 0 Å². The third-order valence-corrected chi connectivity index (χ3v) is 2.75. The van der Waals surface area contributed by atoms with Crippen molar-refractivity contribution in [3.05, 3.63) is 58.0 Å². The first-order valence-corrected chi connectivity index (χ1v) is 6.34. The van der Waals surface area contributed by atoms with Crippen molar-refractivity contribution < 1.29 is 14.1 Å². The van der Waals surface area contributed by atoms with Crippen molar-refractivity contribution in [2.24, 2.45) is 0 Å². The molecule has 2 aromatic rings. The number of rotatable bonds is 7. The van der Waals surface area contributed by atoms with Gasteiger partial charge < -0.3 is 14.5 Å². The Bertz CT molecular complexity index is 567. The number of nitrogens with zero attached hydrogens (tertiary/aromatic N) is 1. The van der Waals surface area contributed by atoms with Gasteiger partial charge in [-0.3, -0.25) is 10.1 Å². The summed E-state index contributed by atoms with van der Waals surface area (Å²) in [7, 11) is 0. The number of ether oxygens (including phenoxy) is 1. The molecule has 0 unspecified atom stereocenters. The van der Waals surface area contributed by atoms with E-state index in [9.17, 15) is 10.1 Å². The average Bonchev–Trinajstić information content (AvgIpc) is 2.93. The van der Waals surface area contributed by atoms with Crippen LogP contribution in [-0.2, 0) is 13.1 Å². The Morgan fingerprint density at radius 1 is 1.35 bits per heavy atom. The van der Waals surface area contributed by atoms with Crippen molar-refractivity contribution in [1.29, 1.82) is 0 Å². The van der Waals surface area contributed by atoms with Crippen LogP contribution in [0.25, 0.3) is 0 Å². The number of furan rings is 1. The smallest absolute Gasteiger partial charge is 0.270 e. The Balaban J connectivity index is 2.06. The number of non-ortho nitro benzene ring substituents is 1. The van der Waals surface area contributed by atoms with Gasteiger partial charge in [0.1, 0.15) is 11.5 Å². The number of hydrogen-bond donors (Lipinski definition) is 1. The molecule has 106 valence electrons. The summed E-state index contributed by atoms with van der Waals surface area (Å²) in [6.07, 6.45) is 1.61. The summed E-state index contributed by atoms with van der Waals surface area (Å²) in [5.74, 6) is 1.47. The normalized spacial score (nSPS) is 10.4. The van der Waals surface area contributed by atoms with Gasteiger partial charge in [-0.25, -0.2) is 0 Å². The summed E-state index contributed by atoms with van der Waals surface area (Å²) >= 11 is 0. The summed E-state index contributed by atoms with van der Waals surface area (Å²) in [5, 5.41) is 14.0. The third kappa shape index (κ3) is 3.58. The summed E-state index contributed by atoms with van der Waals surface area (Å²) in [5.41, 5.74) is 0.816. The Morgan fingerprint density at radius 3 is 2.85 bits per heavy atom. The molecule has 0 radical (unpaired) electrons. The van der Waals surface area contributed by atoms with Gasteiger partial charge in [0.15, 0.2) is 0 Å². The van der Waals surface area contributed by atoms with Crippen LogP contribution in [0.1, 0.15) is 18.2 Å². The molecule has 20 heavy (non-hydrogen) atoms. The van der Waals surface area contributed by atoms with Gasteiger partial charge in [-0.1, -0.05) is 0 Å². The lowest BCUT2D eigenvalue weighted by atomic mass is 10.1. The van der Waals surface area contributed by atoms with E-state index in [-0.39, 0.29) is 5.69 Å². The maximum atomic E-state index is 10.8. The van der Waals surface area contributed by atoms with Crippen molar-refractivity contribution >= 4 is 5.69 Å². The fourth-order valence-corrected chi connectivity index (χ4v) is 1.85. The molecule has 0 atom stereocenters. The minimum absolute atomic E-state index is 0.0586. The van der Waals surface area contributed by atoms with E-state index in [1.807, 2.05) is 19.1 Å². The molecule has 1 heterocycles. The zero-order chi connectivity index (χ0) is 14.4. The zero-order valence-corrected chi connectivity index (χ0v) is 11.2. The largest absolute Gasteiger partial charge is 0.494 e. The Kier molecular flexibility index (Phi) is 4.73. The molecular weight excluding hydrogens is 260 g/mol. The molecule has 1 aromatic heterocycles. The van der Waals surface area contributed by atoms with Crippen LogP contribution in [0.4, 0.5) is 5.69 Å². The van der Waals surface area contributed by atoms with Crippen molar-refractivity contribution in [2.75, 3.05) is 6.61 Å². The summed E-state index contributed by atoms with van der Waals surface area (Å²) in [6, 6.07) is 8.28. The van der Waals surface area contributed by atoms with Gasteiger partial charge in [-0.2, -0.15) is 0 Å². The standard InChI is InChI=1S/C14H16N2O4/c1-2-19-14-6-5-12(16(17)18)8-11(14)9-15-10-13-4-3-7-20-13/h3-8,15H,2,9-10H2,1H3. The Morgan fingerprint density at radius 2 is 2.20 bits per heavy atom. The second-order valence-corrected chi connectivity index (χ2v) is 4.17. The monoisotopic (exact) mass is 276 g/mol. The zero-order valence-electron chi connectivity index (χ0n) is 11.2. The summed E-state index contributed by atoms with van der Waals surface area (Å²) in [4.78, 5) is 10.4. The highest BCUT2D eigenvalue weighted by Gasteiger charge is 2.11. The van der Waals surface area contributed by atoms with Crippen LogP contribution < -0.4 is 10.1 Å². The Labute approximate surface area is 116 Å². The molecule has 0 saturated heterocycles. The molecule has 6 heteroatoms. The van der Waals surface area contributed by atoms with E-state index in [1.54, 1.807) is 12.3 Å². The first kappa shape index (κ1) is 14.1. The van der Waals surface area contributed by atoms with Crippen molar-refractivity contribution in [1.82, 2.24) is 5.32 Å². The van der Waals surface area contributed by atoms with E-state index in [4.69, 9.17) is 9.15 Å². The van der Waals surface area contributed by atoms with Crippen molar-refractivity contribution in [3.63, 3.8) is 0 Å². The molecule has 0 aliphatic rings. The first-order chi connectivity index (χ1) is 9.70. The minimum Gasteiger partial charge on any atom is -0.494 e. The fourth-order valence-electron chi connectivity index (χ4n) is 1.85. The van der Waals surface area contributed by atoms with E-state index in [0.717, 1.165) is 11.3 Å². The van der Waals surface area contributed by atoms with Gasteiger partial charge in [0.05, 0.1) is 24.3 Å². The average molecular weight is 276 g/mol. The number of hydrogen-bond acceptors (Lipinski definition) is 5. The maximum Gasteiger partial charge on any atom is 0.270 e. The van der Waals surface area contributed by atoms with E-state index in [0.29, 0.717) is 25.4 Å². The number of nitro groups is 1. The molecule has 0 fully saturated rings. The highest BCUT2D eigenvalue weighted by atomic mass is 16.6. The number of benzene rings is 1. The summed E-state index contributed by atoms with van der Waals surface area (Å²) < 4.78 is 10.7. The van der Waals surface area contributed by atoms with Crippen molar-refractivity contribution in [2.45, 2.75) is 20.0 Å². The quantitative estimate of drug-likeness (QED) is 0.621. The highest BCUT2D eigenvalue weighted by molar-refractivity contribution is 5.43. The SMILES string of the molecule is CCOc1ccc([N+](=O)[O-])cc1CNCc1ccco1. The highest BCUT2D eigenvalue weighted by Crippen LogP contribution is 2.24. The van der Waals surface area contributed by atoms with Gasteiger partial charge in [0.2, 0.25) is 0 Å². The predicted molar refractivity (Wildman–Crippen MR) is 73.5 cm³/mol. The van der Waals surface area contributed by atoms with Gasteiger partial charge in [-0.15, -0.1) is 0 Å². The maximum absolute atomic E-state index is 10.8. The van der Waals surface area contributed by atoms with Gasteiger partial charge in [-0.05, 0) is 25.1 Å². The van der Waals surface area contributed by atoms with Crippen LogP contribution in [0.15, 0.2) is 41.0 Å². The molecule has 6 nitrogen and oxygen atoms in total. The second-order valence-electron chi connectivity index (χ2n) is 4.17. The lowest BCUT2D eigenvalue weighted by molar-refractivity contribution is -0.384. The van der Waals surface area contributed by atoms with Crippen molar-refractivity contribution in [3.8, 4) is 5.75 Å². The van der Waals surface area contributed by atoms with Crippen LogP contribution in [0.2, 0.25) is 0 Å². The van der Waals surface area contributed by atoms with Crippen LogP contribution >= 0.6 is 0 Å². The molecule has 0 spiro atoms. The first-order valence-electron chi connectivity index (χ1n) is 6.34. The minimum atomic E-state index is -0.411. The Hall–Kier alpha value is -2.34. The van der Waals surface area contributed by atoms with Gasteiger partial charge in [0.25, 0.3) is 5.69 Å². The fraction of sp³-hybridized carbons (Fsp3) is 0.286. The molecule has 0 aliphatic carbocycles. The number of nitro benzene ring substituents is 1. The summed E-state index contributed by atoms with van der Waals surface area (Å²) in [6.45, 7) is 3.42. The second kappa shape index (κ2) is 6.72. The predicted octanol–water partition coefficient (Wildman–Crippen LogP) is 2.88. The van der Waals surface area contributed by atoms with Gasteiger partial charge in [0, 0.05) is 24.2 Å². The molecule has 2 rings (SSSR count). The molecular formula is C14H16N2O4. The molecule has 1 aromatic carbocycles. The lowest BCUT2D eigenvalue weighted by Crippen LogP contribution is -2.13.